The lowest BCUT2D eigenvalue weighted by atomic mass is 10.1. The highest BCUT2D eigenvalue weighted by molar-refractivity contribution is 9.10. The first-order valence-corrected chi connectivity index (χ1v) is 4.84. The largest absolute Gasteiger partial charge is 0.481 e. The van der Waals surface area contributed by atoms with Gasteiger partial charge in [-0.2, -0.15) is 5.26 Å². The number of aromatic nitrogens is 1. The molecule has 0 bridgehead atoms. The number of carboxylic acid groups (broad SMARTS) is 1. The Labute approximate surface area is 97.7 Å². The van der Waals surface area contributed by atoms with Gasteiger partial charge in [-0.15, -0.1) is 0 Å². The van der Waals surface area contributed by atoms with Crippen molar-refractivity contribution >= 4 is 21.9 Å². The maximum Gasteiger partial charge on any atom is 0.309 e. The van der Waals surface area contributed by atoms with Crippen molar-refractivity contribution in [2.24, 2.45) is 0 Å². The van der Waals surface area contributed by atoms with Crippen molar-refractivity contribution in [3.8, 4) is 6.07 Å². The molecule has 1 aromatic heterocycles. The highest BCUT2D eigenvalue weighted by Gasteiger charge is 2.20. The Kier molecular flexibility index (Phi) is 3.90. The predicted octanol–water partition coefficient (Wildman–Crippen LogP) is 2.28. The molecular formula is C9H5BrF2N2O2. The van der Waals surface area contributed by atoms with Crippen LogP contribution >= 0.6 is 15.9 Å². The second kappa shape index (κ2) is 4.99. The van der Waals surface area contributed by atoms with Crippen LogP contribution in [0.1, 0.15) is 23.4 Å². The predicted molar refractivity (Wildman–Crippen MR) is 52.9 cm³/mol. The van der Waals surface area contributed by atoms with Gasteiger partial charge in [-0.3, -0.25) is 4.79 Å². The topological polar surface area (TPSA) is 74.0 Å². The molecule has 7 heteroatoms. The molecule has 0 saturated heterocycles. The van der Waals surface area contributed by atoms with Crippen LogP contribution in [0.25, 0.3) is 0 Å². The number of aliphatic carboxylic acids is 1. The molecule has 0 aliphatic rings. The summed E-state index contributed by atoms with van der Waals surface area (Å²) >= 11 is 2.87. The minimum absolute atomic E-state index is 0.00898. The molecule has 1 aromatic rings. The fourth-order valence-corrected chi connectivity index (χ4v) is 1.74. The molecule has 1 N–H and O–H groups in total. The third kappa shape index (κ3) is 2.73. The van der Waals surface area contributed by atoms with E-state index in [1.807, 2.05) is 0 Å². The van der Waals surface area contributed by atoms with Gasteiger partial charge in [0.25, 0.3) is 6.43 Å². The zero-order valence-corrected chi connectivity index (χ0v) is 9.33. The number of carboxylic acids is 1. The Hall–Kier alpha value is -1.55. The number of rotatable bonds is 3. The maximum atomic E-state index is 12.5. The molecule has 0 aromatic carbocycles. The molecular weight excluding hydrogens is 286 g/mol. The summed E-state index contributed by atoms with van der Waals surface area (Å²) in [6.07, 6.45) is -3.26. The summed E-state index contributed by atoms with van der Waals surface area (Å²) < 4.78 is 25.1. The minimum Gasteiger partial charge on any atom is -0.481 e. The number of pyridine rings is 1. The fourth-order valence-electron chi connectivity index (χ4n) is 1.11. The lowest BCUT2D eigenvalue weighted by molar-refractivity contribution is -0.136. The lowest BCUT2D eigenvalue weighted by Crippen LogP contribution is -2.06. The van der Waals surface area contributed by atoms with E-state index < -0.39 is 30.1 Å². The van der Waals surface area contributed by atoms with Crippen LogP contribution in [0.2, 0.25) is 0 Å². The summed E-state index contributed by atoms with van der Waals surface area (Å²) in [6, 6.07) is 2.69. The molecule has 0 unspecified atom stereocenters. The molecule has 0 aliphatic heterocycles. The summed E-state index contributed by atoms with van der Waals surface area (Å²) in [5.74, 6) is -1.15. The number of alkyl halides is 2. The van der Waals surface area contributed by atoms with E-state index in [0.717, 1.165) is 0 Å². The Morgan fingerprint density at radius 3 is 2.75 bits per heavy atom. The molecule has 0 aliphatic carbocycles. The first-order valence-electron chi connectivity index (χ1n) is 4.05. The second-order valence-electron chi connectivity index (χ2n) is 2.84. The van der Waals surface area contributed by atoms with E-state index in [4.69, 9.17) is 10.4 Å². The zero-order chi connectivity index (χ0) is 12.3. The van der Waals surface area contributed by atoms with Crippen molar-refractivity contribution in [2.45, 2.75) is 12.8 Å². The van der Waals surface area contributed by atoms with Gasteiger partial charge in [0.05, 0.1) is 17.7 Å². The number of halogens is 3. The van der Waals surface area contributed by atoms with Crippen LogP contribution in [0.5, 0.6) is 0 Å². The highest BCUT2D eigenvalue weighted by atomic mass is 79.9. The van der Waals surface area contributed by atoms with E-state index in [-0.39, 0.29) is 10.2 Å². The molecule has 84 valence electrons. The van der Waals surface area contributed by atoms with E-state index >= 15 is 0 Å². The molecule has 0 amide bonds. The van der Waals surface area contributed by atoms with Crippen LogP contribution in [0.3, 0.4) is 0 Å². The summed E-state index contributed by atoms with van der Waals surface area (Å²) in [6.45, 7) is 0. The molecule has 0 fully saturated rings. The van der Waals surface area contributed by atoms with Gasteiger partial charge in [0.15, 0.2) is 5.69 Å². The van der Waals surface area contributed by atoms with Crippen LogP contribution in [0.4, 0.5) is 8.78 Å². The second-order valence-corrected chi connectivity index (χ2v) is 3.70. The van der Waals surface area contributed by atoms with Crippen molar-refractivity contribution in [1.29, 1.82) is 5.26 Å². The van der Waals surface area contributed by atoms with Gasteiger partial charge in [-0.1, -0.05) is 15.9 Å². The Balaban J connectivity index is 3.28. The smallest absolute Gasteiger partial charge is 0.309 e. The Morgan fingerprint density at radius 2 is 2.31 bits per heavy atom. The summed E-state index contributed by atoms with van der Waals surface area (Å²) in [7, 11) is 0. The van der Waals surface area contributed by atoms with Gasteiger partial charge in [0.1, 0.15) is 6.07 Å². The van der Waals surface area contributed by atoms with Gasteiger partial charge in [-0.25, -0.2) is 13.8 Å². The molecule has 4 nitrogen and oxygen atoms in total. The summed E-state index contributed by atoms with van der Waals surface area (Å²) in [5, 5.41) is 17.1. The van der Waals surface area contributed by atoms with Crippen molar-refractivity contribution in [1.82, 2.24) is 4.98 Å². The molecule has 1 rings (SSSR count). The number of hydrogen-bond acceptors (Lipinski definition) is 3. The van der Waals surface area contributed by atoms with E-state index in [9.17, 15) is 13.6 Å². The van der Waals surface area contributed by atoms with Crippen LogP contribution < -0.4 is 0 Å². The zero-order valence-electron chi connectivity index (χ0n) is 7.75. The van der Waals surface area contributed by atoms with Crippen LogP contribution in [-0.4, -0.2) is 16.1 Å². The van der Waals surface area contributed by atoms with Crippen LogP contribution in [0.15, 0.2) is 10.5 Å². The number of nitriles is 1. The first-order chi connectivity index (χ1) is 7.45. The fraction of sp³-hybridized carbons (Fsp3) is 0.222. The average Bonchev–Trinajstić information content (AvgIpc) is 2.14. The normalized spacial score (nSPS) is 10.2. The Bertz CT molecular complexity index is 471. The van der Waals surface area contributed by atoms with Crippen molar-refractivity contribution in [3.05, 3.63) is 27.5 Å². The number of nitrogens with zero attached hydrogens (tertiary/aromatic N) is 2. The van der Waals surface area contributed by atoms with Crippen molar-refractivity contribution in [2.75, 3.05) is 0 Å². The van der Waals surface area contributed by atoms with Crippen molar-refractivity contribution < 1.29 is 18.7 Å². The summed E-state index contributed by atoms with van der Waals surface area (Å²) in [4.78, 5) is 14.0. The van der Waals surface area contributed by atoms with Gasteiger partial charge in [0.2, 0.25) is 0 Å². The van der Waals surface area contributed by atoms with Gasteiger partial charge in [0, 0.05) is 4.47 Å². The molecule has 0 atom stereocenters. The van der Waals surface area contributed by atoms with E-state index in [2.05, 4.69) is 20.9 Å². The van der Waals surface area contributed by atoms with Crippen LogP contribution in [0, 0.1) is 11.3 Å². The SMILES string of the molecule is N#Cc1nc(CC(=O)O)cc(Br)c1C(F)F. The van der Waals surface area contributed by atoms with E-state index in [0.29, 0.717) is 0 Å². The molecule has 0 saturated carbocycles. The number of hydrogen-bond donors (Lipinski definition) is 1. The molecule has 0 radical (unpaired) electrons. The third-order valence-corrected chi connectivity index (χ3v) is 2.37. The van der Waals surface area contributed by atoms with Crippen LogP contribution in [-0.2, 0) is 11.2 Å². The monoisotopic (exact) mass is 290 g/mol. The maximum absolute atomic E-state index is 12.5. The van der Waals surface area contributed by atoms with E-state index in [1.165, 1.54) is 12.1 Å². The number of carbonyl (C=O) groups is 1. The molecule has 0 spiro atoms. The molecule has 16 heavy (non-hydrogen) atoms. The average molecular weight is 291 g/mol. The van der Waals surface area contributed by atoms with Gasteiger partial charge in [-0.05, 0) is 6.07 Å². The highest BCUT2D eigenvalue weighted by Crippen LogP contribution is 2.30. The lowest BCUT2D eigenvalue weighted by Gasteiger charge is -2.06. The van der Waals surface area contributed by atoms with Gasteiger partial charge < -0.3 is 5.11 Å². The minimum atomic E-state index is -2.84. The quantitative estimate of drug-likeness (QED) is 0.927. The first kappa shape index (κ1) is 12.5. The third-order valence-electron chi connectivity index (χ3n) is 1.72. The van der Waals surface area contributed by atoms with E-state index in [1.54, 1.807) is 0 Å². The molecule has 1 heterocycles. The van der Waals surface area contributed by atoms with Gasteiger partial charge >= 0.3 is 5.97 Å². The summed E-state index contributed by atoms with van der Waals surface area (Å²) in [5.41, 5.74) is -0.919. The standard InChI is InChI=1S/C9H5BrF2N2O2/c10-5-1-4(2-7(15)16)14-6(3-13)8(5)9(11)12/h1,9H,2H2,(H,15,16). The van der Waals surface area contributed by atoms with Crippen molar-refractivity contribution in [3.63, 3.8) is 0 Å². The Morgan fingerprint density at radius 1 is 1.69 bits per heavy atom.